The van der Waals surface area contributed by atoms with Gasteiger partial charge in [0.25, 0.3) is 0 Å². The summed E-state index contributed by atoms with van der Waals surface area (Å²) in [5, 5.41) is 0.645. The van der Waals surface area contributed by atoms with Gasteiger partial charge in [-0.25, -0.2) is 0 Å². The van der Waals surface area contributed by atoms with Crippen molar-refractivity contribution in [3.8, 4) is 11.3 Å². The quantitative estimate of drug-likeness (QED) is 0.705. The number of hydrogen-bond acceptors (Lipinski definition) is 2. The first-order valence-electron chi connectivity index (χ1n) is 4.10. The van der Waals surface area contributed by atoms with Gasteiger partial charge in [0.1, 0.15) is 5.76 Å². The first-order chi connectivity index (χ1) is 6.79. The Morgan fingerprint density at radius 3 is 2.71 bits per heavy atom. The van der Waals surface area contributed by atoms with Crippen molar-refractivity contribution in [3.05, 3.63) is 47.2 Å². The zero-order chi connectivity index (χ0) is 9.97. The van der Waals surface area contributed by atoms with E-state index in [0.29, 0.717) is 22.8 Å². The Bertz CT molecular complexity index is 460. The number of hydrogen-bond donors (Lipinski definition) is 0. The minimum atomic E-state index is 0.319. The maximum Gasteiger partial charge on any atom is 0.185 e. The van der Waals surface area contributed by atoms with Gasteiger partial charge in [-0.2, -0.15) is 0 Å². The van der Waals surface area contributed by atoms with E-state index in [1.54, 1.807) is 24.3 Å². The molecule has 3 heteroatoms. The van der Waals surface area contributed by atoms with Crippen LogP contribution in [0.15, 0.2) is 40.8 Å². The largest absolute Gasteiger partial charge is 0.453 e. The highest BCUT2D eigenvalue weighted by molar-refractivity contribution is 6.30. The first kappa shape index (κ1) is 9.03. The van der Waals surface area contributed by atoms with Crippen molar-refractivity contribution in [1.82, 2.24) is 0 Å². The van der Waals surface area contributed by atoms with Crippen molar-refractivity contribution in [2.75, 3.05) is 0 Å². The number of carbonyl (C=O) groups excluding carboxylic acids is 1. The van der Waals surface area contributed by atoms with Crippen LogP contribution in [0.3, 0.4) is 0 Å². The lowest BCUT2D eigenvalue weighted by Crippen LogP contribution is -1.73. The van der Waals surface area contributed by atoms with E-state index >= 15 is 0 Å². The highest BCUT2D eigenvalue weighted by Gasteiger charge is 2.03. The Balaban J connectivity index is 2.43. The number of carbonyl (C=O) groups is 1. The first-order valence-corrected chi connectivity index (χ1v) is 4.48. The summed E-state index contributed by atoms with van der Waals surface area (Å²) in [5.41, 5.74) is 0.866. The lowest BCUT2D eigenvalue weighted by atomic mass is 10.2. The predicted molar refractivity (Wildman–Crippen MR) is 54.5 cm³/mol. The monoisotopic (exact) mass is 206 g/mol. The molecule has 0 saturated heterocycles. The molecule has 0 aliphatic carbocycles. The molecule has 2 nitrogen and oxygen atoms in total. The van der Waals surface area contributed by atoms with E-state index in [1.165, 1.54) is 0 Å². The Morgan fingerprint density at radius 2 is 2.07 bits per heavy atom. The average molecular weight is 207 g/mol. The van der Waals surface area contributed by atoms with E-state index in [4.69, 9.17) is 16.0 Å². The molecule has 14 heavy (non-hydrogen) atoms. The van der Waals surface area contributed by atoms with Crippen LogP contribution in [0, 0.1) is 0 Å². The summed E-state index contributed by atoms with van der Waals surface area (Å²) in [6, 6.07) is 10.7. The number of rotatable bonds is 2. The van der Waals surface area contributed by atoms with Crippen LogP contribution in [0.1, 0.15) is 10.6 Å². The van der Waals surface area contributed by atoms with Crippen molar-refractivity contribution in [2.45, 2.75) is 0 Å². The molecule has 0 fully saturated rings. The van der Waals surface area contributed by atoms with Crippen LogP contribution in [-0.2, 0) is 0 Å². The summed E-state index contributed by atoms with van der Waals surface area (Å²) in [4.78, 5) is 10.4. The Hall–Kier alpha value is -1.54. The van der Waals surface area contributed by atoms with Crippen LogP contribution in [0.25, 0.3) is 11.3 Å². The molecule has 0 aliphatic rings. The summed E-state index contributed by atoms with van der Waals surface area (Å²) in [7, 11) is 0. The van der Waals surface area contributed by atoms with Gasteiger partial charge in [0.2, 0.25) is 0 Å². The number of halogens is 1. The maximum absolute atomic E-state index is 10.4. The Morgan fingerprint density at radius 1 is 1.21 bits per heavy atom. The SMILES string of the molecule is O=Cc1ccc(-c2cccc(Cl)c2)o1. The standard InChI is InChI=1S/C11H7ClO2/c12-9-3-1-2-8(6-9)11-5-4-10(7-13)14-11/h1-7H. The fourth-order valence-electron chi connectivity index (χ4n) is 1.21. The molecular formula is C11H7ClO2. The van der Waals surface area contributed by atoms with Gasteiger partial charge in [0.15, 0.2) is 12.0 Å². The second kappa shape index (κ2) is 3.68. The summed E-state index contributed by atoms with van der Waals surface area (Å²) in [6.45, 7) is 0. The van der Waals surface area contributed by atoms with Crippen molar-refractivity contribution in [1.29, 1.82) is 0 Å². The van der Waals surface area contributed by atoms with Crippen LogP contribution in [0.2, 0.25) is 5.02 Å². The zero-order valence-corrected chi connectivity index (χ0v) is 7.99. The molecule has 0 aliphatic heterocycles. The smallest absolute Gasteiger partial charge is 0.185 e. The minimum absolute atomic E-state index is 0.319. The van der Waals surface area contributed by atoms with Crippen molar-refractivity contribution >= 4 is 17.9 Å². The summed E-state index contributed by atoms with van der Waals surface area (Å²) >= 11 is 5.82. The third kappa shape index (κ3) is 1.70. The van der Waals surface area contributed by atoms with Crippen LogP contribution in [-0.4, -0.2) is 6.29 Å². The van der Waals surface area contributed by atoms with Gasteiger partial charge >= 0.3 is 0 Å². The maximum atomic E-state index is 10.4. The van der Waals surface area contributed by atoms with Gasteiger partial charge in [-0.1, -0.05) is 23.7 Å². The van der Waals surface area contributed by atoms with Gasteiger partial charge in [-0.15, -0.1) is 0 Å². The average Bonchev–Trinajstić information content (AvgIpc) is 2.66. The second-order valence-electron chi connectivity index (χ2n) is 2.83. The van der Waals surface area contributed by atoms with Crippen LogP contribution in [0.4, 0.5) is 0 Å². The second-order valence-corrected chi connectivity index (χ2v) is 3.27. The molecular weight excluding hydrogens is 200 g/mol. The highest BCUT2D eigenvalue weighted by Crippen LogP contribution is 2.24. The van der Waals surface area contributed by atoms with Crippen molar-refractivity contribution in [3.63, 3.8) is 0 Å². The number of furan rings is 1. The van der Waals surface area contributed by atoms with Gasteiger partial charge < -0.3 is 4.42 Å². The van der Waals surface area contributed by atoms with Crippen LogP contribution >= 0.6 is 11.6 Å². The van der Waals surface area contributed by atoms with Gasteiger partial charge in [0.05, 0.1) is 0 Å². The fraction of sp³-hybridized carbons (Fsp3) is 0. The molecule has 0 atom stereocenters. The Kier molecular flexibility index (Phi) is 2.37. The molecule has 0 amide bonds. The van der Waals surface area contributed by atoms with Crippen molar-refractivity contribution in [2.24, 2.45) is 0 Å². The molecule has 2 aromatic rings. The molecule has 0 bridgehead atoms. The van der Waals surface area contributed by atoms with Gasteiger partial charge in [-0.05, 0) is 24.3 Å². The summed E-state index contributed by atoms with van der Waals surface area (Å²) < 4.78 is 5.25. The van der Waals surface area contributed by atoms with Crippen LogP contribution in [0.5, 0.6) is 0 Å². The normalized spacial score (nSPS) is 10.1. The lowest BCUT2D eigenvalue weighted by molar-refractivity contribution is 0.110. The Labute approximate surface area is 86.1 Å². The van der Waals surface area contributed by atoms with Crippen molar-refractivity contribution < 1.29 is 9.21 Å². The zero-order valence-electron chi connectivity index (χ0n) is 7.24. The number of benzene rings is 1. The topological polar surface area (TPSA) is 30.2 Å². The van der Waals surface area contributed by atoms with E-state index in [0.717, 1.165) is 5.56 Å². The molecule has 0 radical (unpaired) electrons. The third-order valence-electron chi connectivity index (χ3n) is 1.85. The molecule has 1 heterocycles. The summed E-state index contributed by atoms with van der Waals surface area (Å²) in [5.74, 6) is 0.967. The molecule has 0 saturated carbocycles. The van der Waals surface area contributed by atoms with E-state index in [1.807, 2.05) is 12.1 Å². The van der Waals surface area contributed by atoms with Gasteiger partial charge in [-0.3, -0.25) is 4.79 Å². The highest BCUT2D eigenvalue weighted by atomic mass is 35.5. The third-order valence-corrected chi connectivity index (χ3v) is 2.09. The minimum Gasteiger partial charge on any atom is -0.453 e. The van der Waals surface area contributed by atoms with Gasteiger partial charge in [0, 0.05) is 10.6 Å². The summed E-state index contributed by atoms with van der Waals surface area (Å²) in [6.07, 6.45) is 0.675. The van der Waals surface area contributed by atoms with E-state index in [2.05, 4.69) is 0 Å². The van der Waals surface area contributed by atoms with E-state index in [-0.39, 0.29) is 0 Å². The molecule has 0 spiro atoms. The van der Waals surface area contributed by atoms with E-state index in [9.17, 15) is 4.79 Å². The molecule has 0 unspecified atom stereocenters. The van der Waals surface area contributed by atoms with E-state index < -0.39 is 0 Å². The number of aldehydes is 1. The van der Waals surface area contributed by atoms with Crippen LogP contribution < -0.4 is 0 Å². The molecule has 1 aromatic carbocycles. The molecule has 2 rings (SSSR count). The predicted octanol–water partition coefficient (Wildman–Crippen LogP) is 3.41. The molecule has 1 aromatic heterocycles. The lowest BCUT2D eigenvalue weighted by Gasteiger charge is -1.96. The molecule has 70 valence electrons. The molecule has 0 N–H and O–H groups in total. The fourth-order valence-corrected chi connectivity index (χ4v) is 1.40.